The van der Waals surface area contributed by atoms with Gasteiger partial charge >= 0.3 is 0 Å². The van der Waals surface area contributed by atoms with Gasteiger partial charge in [-0.25, -0.2) is 0 Å². The highest BCUT2D eigenvalue weighted by Crippen LogP contribution is 2.11. The molecule has 5 heteroatoms. The van der Waals surface area contributed by atoms with Crippen molar-refractivity contribution in [2.75, 3.05) is 13.1 Å². The van der Waals surface area contributed by atoms with Gasteiger partial charge in [-0.05, 0) is 25.0 Å². The molecule has 0 bridgehead atoms. The van der Waals surface area contributed by atoms with Crippen LogP contribution in [0.5, 0.6) is 0 Å². The number of nitrogens with one attached hydrogen (secondary N) is 1. The van der Waals surface area contributed by atoms with Gasteiger partial charge in [-0.15, -0.1) is 0 Å². The van der Waals surface area contributed by atoms with Crippen LogP contribution in [0.1, 0.15) is 23.2 Å². The number of carbonyl (C=O) groups is 1. The molecule has 1 saturated heterocycles. The lowest BCUT2D eigenvalue weighted by molar-refractivity contribution is 0.0545. The van der Waals surface area contributed by atoms with Crippen molar-refractivity contribution in [1.29, 1.82) is 0 Å². The van der Waals surface area contributed by atoms with Crippen molar-refractivity contribution < 1.29 is 9.90 Å². The third kappa shape index (κ3) is 2.14. The van der Waals surface area contributed by atoms with Crippen molar-refractivity contribution in [1.82, 2.24) is 9.88 Å². The second-order valence-corrected chi connectivity index (χ2v) is 3.94. The highest BCUT2D eigenvalue weighted by atomic mass is 16.3. The second-order valence-electron chi connectivity index (χ2n) is 3.94. The van der Waals surface area contributed by atoms with E-state index in [-0.39, 0.29) is 23.1 Å². The molecule has 86 valence electrons. The van der Waals surface area contributed by atoms with E-state index in [0.717, 1.165) is 0 Å². The van der Waals surface area contributed by atoms with E-state index in [2.05, 4.69) is 4.98 Å². The molecule has 1 aliphatic rings. The Kier molecular flexibility index (Phi) is 3.05. The normalized spacial score (nSPS) is 17.4. The number of aromatic amines is 1. The fourth-order valence-corrected chi connectivity index (χ4v) is 1.83. The van der Waals surface area contributed by atoms with Gasteiger partial charge in [0, 0.05) is 19.3 Å². The van der Waals surface area contributed by atoms with Gasteiger partial charge in [-0.3, -0.25) is 9.59 Å². The Hall–Kier alpha value is -1.62. The van der Waals surface area contributed by atoms with Crippen LogP contribution in [0.4, 0.5) is 0 Å². The molecule has 1 amide bonds. The number of H-pyrrole nitrogens is 1. The molecule has 2 rings (SSSR count). The predicted molar refractivity (Wildman–Crippen MR) is 58.2 cm³/mol. The molecule has 2 heterocycles. The molecule has 0 aromatic carbocycles. The molecule has 0 aliphatic carbocycles. The number of hydrogen-bond acceptors (Lipinski definition) is 3. The van der Waals surface area contributed by atoms with Gasteiger partial charge in [0.1, 0.15) is 5.56 Å². The van der Waals surface area contributed by atoms with Gasteiger partial charge in [-0.1, -0.05) is 0 Å². The molecule has 1 aromatic rings. The average Bonchev–Trinajstić information content (AvgIpc) is 2.30. The molecule has 0 radical (unpaired) electrons. The summed E-state index contributed by atoms with van der Waals surface area (Å²) < 4.78 is 0. The number of aromatic nitrogens is 1. The van der Waals surface area contributed by atoms with Crippen LogP contribution in [-0.4, -0.2) is 40.1 Å². The van der Waals surface area contributed by atoms with E-state index in [1.807, 2.05) is 0 Å². The Balaban J connectivity index is 2.14. The van der Waals surface area contributed by atoms with E-state index in [4.69, 9.17) is 0 Å². The molecule has 0 saturated carbocycles. The quantitative estimate of drug-likeness (QED) is 0.701. The summed E-state index contributed by atoms with van der Waals surface area (Å²) in [6, 6.07) is 3.15. The minimum Gasteiger partial charge on any atom is -0.393 e. The minimum atomic E-state index is -0.362. The van der Waals surface area contributed by atoms with Crippen molar-refractivity contribution in [2.24, 2.45) is 0 Å². The molecule has 1 fully saturated rings. The number of amides is 1. The first-order chi connectivity index (χ1) is 7.68. The maximum atomic E-state index is 12.0. The molecule has 5 nitrogen and oxygen atoms in total. The topological polar surface area (TPSA) is 73.4 Å². The first-order valence-electron chi connectivity index (χ1n) is 5.33. The third-order valence-corrected chi connectivity index (χ3v) is 2.80. The smallest absolute Gasteiger partial charge is 0.260 e. The number of nitrogens with zero attached hydrogens (tertiary/aromatic N) is 1. The van der Waals surface area contributed by atoms with Gasteiger partial charge < -0.3 is 15.0 Å². The second kappa shape index (κ2) is 4.49. The Morgan fingerprint density at radius 3 is 2.75 bits per heavy atom. The summed E-state index contributed by atoms with van der Waals surface area (Å²) in [5.41, 5.74) is -0.197. The molecule has 0 atom stereocenters. The van der Waals surface area contributed by atoms with E-state index < -0.39 is 0 Å². The van der Waals surface area contributed by atoms with Gasteiger partial charge in [0.15, 0.2) is 0 Å². The van der Waals surface area contributed by atoms with E-state index in [1.165, 1.54) is 12.3 Å². The van der Waals surface area contributed by atoms with Crippen molar-refractivity contribution in [2.45, 2.75) is 18.9 Å². The highest BCUT2D eigenvalue weighted by Gasteiger charge is 2.23. The number of piperidine rings is 1. The van der Waals surface area contributed by atoms with Crippen LogP contribution in [0.2, 0.25) is 0 Å². The van der Waals surface area contributed by atoms with Crippen LogP contribution in [0, 0.1) is 0 Å². The number of aliphatic hydroxyl groups is 1. The lowest BCUT2D eigenvalue weighted by Gasteiger charge is -2.29. The Bertz CT molecular complexity index is 433. The summed E-state index contributed by atoms with van der Waals surface area (Å²) in [6.45, 7) is 1.02. The molecule has 1 aliphatic heterocycles. The van der Waals surface area contributed by atoms with Crippen molar-refractivity contribution in [3.8, 4) is 0 Å². The maximum Gasteiger partial charge on any atom is 0.260 e. The standard InChI is InChI=1S/C11H14N2O3/c14-8-3-6-13(7-4-8)11(16)9-2-1-5-12-10(9)15/h1-2,5,8,14H,3-4,6-7H2,(H,12,15). The Morgan fingerprint density at radius 1 is 1.44 bits per heavy atom. The van der Waals surface area contributed by atoms with Gasteiger partial charge in [0.05, 0.1) is 6.10 Å². The molecule has 1 aromatic heterocycles. The molecule has 2 N–H and O–H groups in total. The largest absolute Gasteiger partial charge is 0.393 e. The first kappa shape index (κ1) is 10.9. The van der Waals surface area contributed by atoms with Crippen LogP contribution < -0.4 is 5.56 Å². The van der Waals surface area contributed by atoms with Crippen molar-refractivity contribution in [3.63, 3.8) is 0 Å². The number of likely N-dealkylation sites (tertiary alicyclic amines) is 1. The highest BCUT2D eigenvalue weighted by molar-refractivity contribution is 5.93. The van der Waals surface area contributed by atoms with Crippen LogP contribution in [-0.2, 0) is 0 Å². The number of hydrogen-bond donors (Lipinski definition) is 2. The van der Waals surface area contributed by atoms with E-state index in [9.17, 15) is 14.7 Å². The first-order valence-corrected chi connectivity index (χ1v) is 5.33. The summed E-state index contributed by atoms with van der Waals surface area (Å²) >= 11 is 0. The number of pyridine rings is 1. The van der Waals surface area contributed by atoms with E-state index >= 15 is 0 Å². The fourth-order valence-electron chi connectivity index (χ4n) is 1.83. The van der Waals surface area contributed by atoms with Crippen molar-refractivity contribution >= 4 is 5.91 Å². The zero-order chi connectivity index (χ0) is 11.5. The van der Waals surface area contributed by atoms with Gasteiger partial charge in [0.2, 0.25) is 0 Å². The van der Waals surface area contributed by atoms with E-state index in [0.29, 0.717) is 25.9 Å². The molecule has 16 heavy (non-hydrogen) atoms. The predicted octanol–water partition coefficient (Wildman–Crippen LogP) is -0.0282. The summed E-state index contributed by atoms with van der Waals surface area (Å²) in [4.78, 5) is 27.5. The summed E-state index contributed by atoms with van der Waals surface area (Å²) in [7, 11) is 0. The molecular formula is C11H14N2O3. The third-order valence-electron chi connectivity index (χ3n) is 2.80. The molecular weight excluding hydrogens is 208 g/mol. The van der Waals surface area contributed by atoms with Crippen LogP contribution in [0.15, 0.2) is 23.1 Å². The van der Waals surface area contributed by atoms with Crippen molar-refractivity contribution in [3.05, 3.63) is 34.2 Å². The number of carbonyl (C=O) groups excluding carboxylic acids is 1. The monoisotopic (exact) mass is 222 g/mol. The lowest BCUT2D eigenvalue weighted by Crippen LogP contribution is -2.41. The van der Waals surface area contributed by atoms with Crippen LogP contribution in [0.3, 0.4) is 0 Å². The van der Waals surface area contributed by atoms with Gasteiger partial charge in [-0.2, -0.15) is 0 Å². The zero-order valence-corrected chi connectivity index (χ0v) is 8.85. The van der Waals surface area contributed by atoms with Gasteiger partial charge in [0.25, 0.3) is 11.5 Å². The fraction of sp³-hybridized carbons (Fsp3) is 0.455. The number of rotatable bonds is 1. The Labute approximate surface area is 92.7 Å². The van der Waals surface area contributed by atoms with E-state index in [1.54, 1.807) is 11.0 Å². The summed E-state index contributed by atoms with van der Waals surface area (Å²) in [5, 5.41) is 9.33. The lowest BCUT2D eigenvalue weighted by atomic mass is 10.1. The minimum absolute atomic E-state index is 0.166. The van der Waals surface area contributed by atoms with Crippen LogP contribution in [0.25, 0.3) is 0 Å². The average molecular weight is 222 g/mol. The summed E-state index contributed by atoms with van der Waals surface area (Å²) in [6.07, 6.45) is 2.34. The Morgan fingerprint density at radius 2 is 2.12 bits per heavy atom. The molecule has 0 spiro atoms. The molecule has 0 unspecified atom stereocenters. The SMILES string of the molecule is O=C(c1ccc[nH]c1=O)N1CCC(O)CC1. The zero-order valence-electron chi connectivity index (χ0n) is 8.85. The summed E-state index contributed by atoms with van der Waals surface area (Å²) in [5.74, 6) is -0.256. The van der Waals surface area contributed by atoms with Crippen LogP contribution >= 0.6 is 0 Å². The maximum absolute atomic E-state index is 12.0. The number of aliphatic hydroxyl groups excluding tert-OH is 1.